The Hall–Kier alpha value is -0.980. The van der Waals surface area contributed by atoms with Crippen molar-refractivity contribution in [1.29, 1.82) is 0 Å². The van der Waals surface area contributed by atoms with E-state index in [4.69, 9.17) is 9.47 Å². The van der Waals surface area contributed by atoms with Crippen molar-refractivity contribution < 1.29 is 19.4 Å². The van der Waals surface area contributed by atoms with Crippen LogP contribution in [0.25, 0.3) is 0 Å². The number of hydrogen-bond donors (Lipinski definition) is 1. The number of phenolic OH excluding ortho intramolecular Hbond substituents is 1. The minimum atomic E-state index is -0.801. The highest BCUT2D eigenvalue weighted by atomic mass is 127. The smallest absolute Gasteiger partial charge is 0.312 e. The third kappa shape index (κ3) is 4.02. The summed E-state index contributed by atoms with van der Waals surface area (Å²) in [6.07, 6.45) is 0.707. The van der Waals surface area contributed by atoms with Crippen molar-refractivity contribution in [2.75, 3.05) is 7.11 Å². The maximum absolute atomic E-state index is 12.3. The van der Waals surface area contributed by atoms with E-state index in [1.165, 1.54) is 7.11 Å². The van der Waals surface area contributed by atoms with Crippen LogP contribution in [-0.4, -0.2) is 18.2 Å². The number of phenols is 1. The summed E-state index contributed by atoms with van der Waals surface area (Å²) in [6.45, 7) is 9.36. The molecule has 21 heavy (non-hydrogen) atoms. The molecule has 0 unspecified atom stereocenters. The largest absolute Gasteiger partial charge is 0.504 e. The zero-order chi connectivity index (χ0) is 16.4. The van der Waals surface area contributed by atoms with Gasteiger partial charge in [0, 0.05) is 0 Å². The summed E-state index contributed by atoms with van der Waals surface area (Å²) in [5.74, 6) is 0.227. The quantitative estimate of drug-likeness (QED) is 0.588. The molecule has 0 radical (unpaired) electrons. The van der Waals surface area contributed by atoms with Crippen LogP contribution in [0.5, 0.6) is 11.5 Å². The fourth-order valence-electron chi connectivity index (χ4n) is 1.65. The van der Waals surface area contributed by atoms with Gasteiger partial charge in [0.2, 0.25) is 0 Å². The van der Waals surface area contributed by atoms with Crippen molar-refractivity contribution in [2.24, 2.45) is 5.41 Å². The number of carbonyl (C=O) groups is 1. The number of methoxy groups -OCH3 is 1. The number of aromatic hydroxyl groups is 1. The predicted molar refractivity (Wildman–Crippen MR) is 90.6 cm³/mol. The van der Waals surface area contributed by atoms with Gasteiger partial charge in [-0.2, -0.15) is 0 Å². The Kier molecular flexibility index (Phi) is 5.52. The van der Waals surface area contributed by atoms with E-state index in [1.807, 2.05) is 57.2 Å². The van der Waals surface area contributed by atoms with Crippen LogP contribution in [0.2, 0.25) is 0 Å². The van der Waals surface area contributed by atoms with Crippen molar-refractivity contribution in [1.82, 2.24) is 0 Å². The van der Waals surface area contributed by atoms with Crippen LogP contribution in [-0.2, 0) is 15.1 Å². The van der Waals surface area contributed by atoms with Gasteiger partial charge in [0.05, 0.1) is 16.1 Å². The number of esters is 1. The molecule has 0 spiro atoms. The molecule has 0 fully saturated rings. The second-order valence-corrected chi connectivity index (χ2v) is 7.31. The van der Waals surface area contributed by atoms with E-state index >= 15 is 0 Å². The number of halogens is 1. The summed E-state index contributed by atoms with van der Waals surface area (Å²) in [4.78, 5) is 12.3. The third-order valence-electron chi connectivity index (χ3n) is 3.73. The predicted octanol–water partition coefficient (Wildman–Crippen LogP) is 4.22. The van der Waals surface area contributed by atoms with E-state index in [0.29, 0.717) is 15.7 Å². The van der Waals surface area contributed by atoms with E-state index in [0.717, 1.165) is 5.56 Å². The minimum absolute atomic E-state index is 0.0952. The summed E-state index contributed by atoms with van der Waals surface area (Å²) < 4.78 is 11.5. The van der Waals surface area contributed by atoms with E-state index in [1.54, 1.807) is 12.1 Å². The molecule has 1 aromatic rings. The molecule has 0 aliphatic rings. The zero-order valence-corrected chi connectivity index (χ0v) is 15.6. The summed E-state index contributed by atoms with van der Waals surface area (Å²) in [7, 11) is 1.49. The lowest BCUT2D eigenvalue weighted by Crippen LogP contribution is -2.34. The highest BCUT2D eigenvalue weighted by Crippen LogP contribution is 2.38. The molecule has 1 rings (SSSR count). The average Bonchev–Trinajstić information content (AvgIpc) is 2.40. The first-order chi connectivity index (χ1) is 9.55. The first-order valence-corrected chi connectivity index (χ1v) is 7.93. The Bertz CT molecular complexity index is 535. The second kappa shape index (κ2) is 6.42. The van der Waals surface area contributed by atoms with E-state index in [9.17, 15) is 9.90 Å². The van der Waals surface area contributed by atoms with Gasteiger partial charge in [-0.15, -0.1) is 0 Å². The van der Waals surface area contributed by atoms with E-state index in [2.05, 4.69) is 0 Å². The first-order valence-electron chi connectivity index (χ1n) is 6.85. The Morgan fingerprint density at radius 1 is 1.29 bits per heavy atom. The normalized spacial score (nSPS) is 12.1. The molecule has 5 heteroatoms. The zero-order valence-electron chi connectivity index (χ0n) is 13.4. The first kappa shape index (κ1) is 18.1. The Morgan fingerprint density at radius 2 is 1.86 bits per heavy atom. The maximum atomic E-state index is 12.3. The topological polar surface area (TPSA) is 55.8 Å². The van der Waals surface area contributed by atoms with Crippen molar-refractivity contribution in [2.45, 2.75) is 46.6 Å². The number of benzene rings is 1. The molecule has 4 nitrogen and oxygen atoms in total. The summed E-state index contributed by atoms with van der Waals surface area (Å²) in [6, 6.07) is 3.49. The van der Waals surface area contributed by atoms with E-state index in [-0.39, 0.29) is 11.7 Å². The summed E-state index contributed by atoms with van der Waals surface area (Å²) in [5.41, 5.74) is -0.544. The van der Waals surface area contributed by atoms with Crippen LogP contribution in [0.1, 0.15) is 46.6 Å². The second-order valence-electron chi connectivity index (χ2n) is 6.15. The molecule has 0 atom stereocenters. The molecule has 0 aliphatic carbocycles. The van der Waals surface area contributed by atoms with Crippen LogP contribution in [0.3, 0.4) is 0 Å². The van der Waals surface area contributed by atoms with Gasteiger partial charge < -0.3 is 14.6 Å². The number of hydrogen-bond acceptors (Lipinski definition) is 4. The van der Waals surface area contributed by atoms with Gasteiger partial charge in [-0.1, -0.05) is 6.92 Å². The highest BCUT2D eigenvalue weighted by molar-refractivity contribution is 14.1. The van der Waals surface area contributed by atoms with Gasteiger partial charge in [0.25, 0.3) is 0 Å². The molecule has 0 aromatic heterocycles. The molecule has 0 heterocycles. The Balaban J connectivity index is 3.14. The molecule has 0 amide bonds. The van der Waals surface area contributed by atoms with Crippen molar-refractivity contribution >= 4 is 28.6 Å². The molecule has 0 aliphatic heterocycles. The SMILES string of the molecule is CCC(C)(C)C(=O)OC(C)(C)c1cc(I)c(O)c(OC)c1. The molecular formula is C16H23IO4. The minimum Gasteiger partial charge on any atom is -0.504 e. The number of carbonyl (C=O) groups excluding carboxylic acids is 1. The Labute approximate surface area is 140 Å². The van der Waals surface area contributed by atoms with Gasteiger partial charge in [0.15, 0.2) is 11.5 Å². The average molecular weight is 406 g/mol. The van der Waals surface area contributed by atoms with Crippen LogP contribution in [0.4, 0.5) is 0 Å². The summed E-state index contributed by atoms with van der Waals surface area (Å²) in [5, 5.41) is 9.90. The van der Waals surface area contributed by atoms with Crippen LogP contribution in [0.15, 0.2) is 12.1 Å². The van der Waals surface area contributed by atoms with Crippen LogP contribution in [0, 0.1) is 8.99 Å². The van der Waals surface area contributed by atoms with Gasteiger partial charge in [-0.25, -0.2) is 0 Å². The molecular weight excluding hydrogens is 383 g/mol. The lowest BCUT2D eigenvalue weighted by molar-refractivity contribution is -0.168. The third-order valence-corrected chi connectivity index (χ3v) is 4.55. The summed E-state index contributed by atoms with van der Waals surface area (Å²) >= 11 is 2.03. The van der Waals surface area contributed by atoms with Gasteiger partial charge in [-0.05, 0) is 74.4 Å². The van der Waals surface area contributed by atoms with Crippen LogP contribution >= 0.6 is 22.6 Å². The molecule has 1 aromatic carbocycles. The number of rotatable bonds is 5. The Morgan fingerprint density at radius 3 is 2.33 bits per heavy atom. The van der Waals surface area contributed by atoms with Crippen molar-refractivity contribution in [3.63, 3.8) is 0 Å². The van der Waals surface area contributed by atoms with E-state index < -0.39 is 11.0 Å². The fourth-order valence-corrected chi connectivity index (χ4v) is 2.25. The maximum Gasteiger partial charge on any atom is 0.312 e. The lowest BCUT2D eigenvalue weighted by atomic mass is 9.89. The molecule has 0 saturated heterocycles. The molecule has 1 N–H and O–H groups in total. The van der Waals surface area contributed by atoms with Crippen molar-refractivity contribution in [3.8, 4) is 11.5 Å². The molecule has 0 bridgehead atoms. The molecule has 118 valence electrons. The molecule has 0 saturated carbocycles. The number of ether oxygens (including phenoxy) is 2. The van der Waals surface area contributed by atoms with Gasteiger partial charge >= 0.3 is 5.97 Å². The van der Waals surface area contributed by atoms with Crippen molar-refractivity contribution in [3.05, 3.63) is 21.3 Å². The van der Waals surface area contributed by atoms with Gasteiger partial charge in [-0.3, -0.25) is 4.79 Å². The van der Waals surface area contributed by atoms with Crippen LogP contribution < -0.4 is 4.74 Å². The standard InChI is InChI=1S/C16H23IO4/c1-7-15(2,3)14(19)21-16(4,5)10-8-11(17)13(18)12(9-10)20-6/h8-9,18H,7H2,1-6H3. The lowest BCUT2D eigenvalue weighted by Gasteiger charge is -2.31. The highest BCUT2D eigenvalue weighted by Gasteiger charge is 2.34. The monoisotopic (exact) mass is 406 g/mol. The van der Waals surface area contributed by atoms with Gasteiger partial charge in [0.1, 0.15) is 5.60 Å². The fraction of sp³-hybridized carbons (Fsp3) is 0.562.